The summed E-state index contributed by atoms with van der Waals surface area (Å²) in [7, 11) is 0. The van der Waals surface area contributed by atoms with E-state index in [4.69, 9.17) is 14.3 Å². The second kappa shape index (κ2) is 8.65. The van der Waals surface area contributed by atoms with Crippen molar-refractivity contribution in [3.05, 3.63) is 60.2 Å². The van der Waals surface area contributed by atoms with Gasteiger partial charge in [0.25, 0.3) is 6.01 Å². The quantitative estimate of drug-likeness (QED) is 0.556. The number of hydrogen-bond acceptors (Lipinski definition) is 6. The number of rotatable bonds is 8. The number of pyridine rings is 1. The number of hydrogen-bond donors (Lipinski definition) is 3. The van der Waals surface area contributed by atoms with Crippen LogP contribution in [0.15, 0.2) is 59.0 Å². The van der Waals surface area contributed by atoms with Gasteiger partial charge in [0.1, 0.15) is 17.9 Å². The molecule has 0 spiro atoms. The molecule has 0 aliphatic heterocycles. The molecule has 3 rings (SSSR count). The molecule has 2 heterocycles. The summed E-state index contributed by atoms with van der Waals surface area (Å²) in [6, 6.07) is 9.18. The Morgan fingerprint density at radius 2 is 2.26 bits per heavy atom. The molecule has 0 aliphatic carbocycles. The van der Waals surface area contributed by atoms with Crippen LogP contribution in [0.25, 0.3) is 11.1 Å². The summed E-state index contributed by atoms with van der Waals surface area (Å²) in [5.41, 5.74) is 2.30. The number of anilines is 1. The molecule has 8 nitrogen and oxygen atoms in total. The summed E-state index contributed by atoms with van der Waals surface area (Å²) < 4.78 is 23.9. The van der Waals surface area contributed by atoms with E-state index >= 15 is 0 Å². The van der Waals surface area contributed by atoms with Crippen LogP contribution in [0.2, 0.25) is 0 Å². The predicted octanol–water partition coefficient (Wildman–Crippen LogP) is 3.33. The lowest BCUT2D eigenvalue weighted by Crippen LogP contribution is -2.25. The first-order chi connectivity index (χ1) is 13.1. The minimum Gasteiger partial charge on any atom is -0.489 e. The molecule has 0 atom stereocenters. The molecule has 0 unspecified atom stereocenters. The molecule has 1 amide bonds. The second-order valence-corrected chi connectivity index (χ2v) is 5.58. The Kier molecular flexibility index (Phi) is 5.83. The fourth-order valence-electron chi connectivity index (χ4n) is 2.24. The van der Waals surface area contributed by atoms with Gasteiger partial charge in [0, 0.05) is 37.1 Å². The summed E-state index contributed by atoms with van der Waals surface area (Å²) in [6.07, 6.45) is 2.54. The van der Waals surface area contributed by atoms with Crippen LogP contribution in [0.1, 0.15) is 5.56 Å². The molecule has 1 aromatic carbocycles. The number of halogens is 1. The zero-order valence-electron chi connectivity index (χ0n) is 14.2. The van der Waals surface area contributed by atoms with Crippen LogP contribution in [0, 0.1) is 0 Å². The van der Waals surface area contributed by atoms with Gasteiger partial charge >= 0.3 is 6.09 Å². The highest BCUT2D eigenvalue weighted by Gasteiger charge is 2.08. The van der Waals surface area contributed by atoms with Gasteiger partial charge in [-0.2, -0.15) is 4.98 Å². The zero-order valence-corrected chi connectivity index (χ0v) is 14.2. The highest BCUT2D eigenvalue weighted by molar-refractivity contribution is 5.76. The highest BCUT2D eigenvalue weighted by Crippen LogP contribution is 2.24. The maximum atomic E-state index is 12.8. The normalized spacial score (nSPS) is 11.4. The Labute approximate surface area is 153 Å². The molecule has 27 heavy (non-hydrogen) atoms. The van der Waals surface area contributed by atoms with E-state index in [1.165, 1.54) is 0 Å². The van der Waals surface area contributed by atoms with E-state index < -0.39 is 6.09 Å². The third kappa shape index (κ3) is 5.18. The Hall–Kier alpha value is -3.62. The van der Waals surface area contributed by atoms with Crippen LogP contribution in [0.3, 0.4) is 0 Å². The fraction of sp³-hybridized carbons (Fsp3) is 0.167. The maximum Gasteiger partial charge on any atom is 0.404 e. The number of benzene rings is 1. The summed E-state index contributed by atoms with van der Waals surface area (Å²) in [5.74, 6) is 0.451. The molecule has 0 saturated heterocycles. The standard InChI is InChI=1S/C18H17FN4O4/c19-7-13(10-22-18(24)25)11-26-14-3-4-15-16(6-14)27-17(23-15)21-9-12-2-1-5-20-8-12/h1-8,22H,9-11H2,(H,21,23)(H,24,25). The number of carboxylic acid groups (broad SMARTS) is 1. The van der Waals surface area contributed by atoms with Crippen molar-refractivity contribution in [2.45, 2.75) is 6.54 Å². The topological polar surface area (TPSA) is 110 Å². The van der Waals surface area contributed by atoms with Gasteiger partial charge in [-0.05, 0) is 23.8 Å². The van der Waals surface area contributed by atoms with Crippen LogP contribution >= 0.6 is 0 Å². The largest absolute Gasteiger partial charge is 0.489 e. The van der Waals surface area contributed by atoms with Crippen molar-refractivity contribution in [1.82, 2.24) is 15.3 Å². The van der Waals surface area contributed by atoms with E-state index in [1.54, 1.807) is 30.6 Å². The SMILES string of the molecule is O=C(O)NCC(=CF)COc1ccc2nc(NCc3cccnc3)oc2c1. The lowest BCUT2D eigenvalue weighted by molar-refractivity contribution is 0.195. The Balaban J connectivity index is 1.60. The van der Waals surface area contributed by atoms with E-state index in [0.717, 1.165) is 5.56 Å². The van der Waals surface area contributed by atoms with Crippen LogP contribution in [0.4, 0.5) is 15.2 Å². The van der Waals surface area contributed by atoms with Crippen molar-refractivity contribution in [3.63, 3.8) is 0 Å². The van der Waals surface area contributed by atoms with Crippen LogP contribution in [0.5, 0.6) is 5.75 Å². The number of ether oxygens (including phenoxy) is 1. The molecule has 0 bridgehead atoms. The lowest BCUT2D eigenvalue weighted by Gasteiger charge is -2.08. The second-order valence-electron chi connectivity index (χ2n) is 5.58. The van der Waals surface area contributed by atoms with E-state index in [-0.39, 0.29) is 18.7 Å². The molecule has 0 radical (unpaired) electrons. The number of amides is 1. The van der Waals surface area contributed by atoms with Crippen LogP contribution in [-0.4, -0.2) is 34.3 Å². The maximum absolute atomic E-state index is 12.8. The average Bonchev–Trinajstić information content (AvgIpc) is 3.09. The third-order valence-corrected chi connectivity index (χ3v) is 3.57. The number of fused-ring (bicyclic) bond motifs is 1. The van der Waals surface area contributed by atoms with Gasteiger partial charge in [-0.1, -0.05) is 6.07 Å². The molecule has 9 heteroatoms. The lowest BCUT2D eigenvalue weighted by atomic mass is 10.3. The molecule has 3 aromatic rings. The smallest absolute Gasteiger partial charge is 0.404 e. The zero-order chi connectivity index (χ0) is 19.1. The van der Waals surface area contributed by atoms with Gasteiger partial charge in [0.2, 0.25) is 0 Å². The Morgan fingerprint density at radius 3 is 3.00 bits per heavy atom. The fourth-order valence-corrected chi connectivity index (χ4v) is 2.24. The van der Waals surface area contributed by atoms with Gasteiger partial charge in [0.05, 0.1) is 6.33 Å². The molecule has 0 saturated carbocycles. The number of carbonyl (C=O) groups is 1. The molecular formula is C18H17FN4O4. The summed E-state index contributed by atoms with van der Waals surface area (Å²) in [4.78, 5) is 18.8. The average molecular weight is 372 g/mol. The van der Waals surface area contributed by atoms with E-state index in [1.807, 2.05) is 12.1 Å². The van der Waals surface area contributed by atoms with Gasteiger partial charge < -0.3 is 24.9 Å². The molecule has 140 valence electrons. The van der Waals surface area contributed by atoms with Crippen molar-refractivity contribution >= 4 is 23.2 Å². The molecule has 0 fully saturated rings. The van der Waals surface area contributed by atoms with Crippen molar-refractivity contribution < 1.29 is 23.4 Å². The molecule has 3 N–H and O–H groups in total. The number of aromatic nitrogens is 2. The minimum atomic E-state index is -1.23. The first-order valence-electron chi connectivity index (χ1n) is 8.05. The Bertz CT molecular complexity index is 943. The number of nitrogens with one attached hydrogen (secondary N) is 2. The van der Waals surface area contributed by atoms with E-state index in [0.29, 0.717) is 35.7 Å². The van der Waals surface area contributed by atoms with E-state index in [2.05, 4.69) is 20.6 Å². The monoisotopic (exact) mass is 372 g/mol. The predicted molar refractivity (Wildman–Crippen MR) is 96.3 cm³/mol. The van der Waals surface area contributed by atoms with Crippen molar-refractivity contribution in [1.29, 1.82) is 0 Å². The number of oxazole rings is 1. The van der Waals surface area contributed by atoms with Crippen LogP contribution < -0.4 is 15.4 Å². The first-order valence-corrected chi connectivity index (χ1v) is 8.05. The summed E-state index contributed by atoms with van der Waals surface area (Å²) >= 11 is 0. The van der Waals surface area contributed by atoms with Crippen molar-refractivity contribution in [2.75, 3.05) is 18.5 Å². The first kappa shape index (κ1) is 18.2. The number of nitrogens with zero attached hydrogens (tertiary/aromatic N) is 2. The molecular weight excluding hydrogens is 355 g/mol. The minimum absolute atomic E-state index is 0.0947. The van der Waals surface area contributed by atoms with Crippen molar-refractivity contribution in [3.8, 4) is 5.75 Å². The van der Waals surface area contributed by atoms with E-state index in [9.17, 15) is 9.18 Å². The molecule has 2 aromatic heterocycles. The van der Waals surface area contributed by atoms with Gasteiger partial charge in [-0.3, -0.25) is 4.98 Å². The van der Waals surface area contributed by atoms with Gasteiger partial charge in [-0.25, -0.2) is 9.18 Å². The van der Waals surface area contributed by atoms with Crippen molar-refractivity contribution in [2.24, 2.45) is 0 Å². The summed E-state index contributed by atoms with van der Waals surface area (Å²) in [6.45, 7) is 0.270. The van der Waals surface area contributed by atoms with Gasteiger partial charge in [-0.15, -0.1) is 0 Å². The Morgan fingerprint density at radius 1 is 1.37 bits per heavy atom. The third-order valence-electron chi connectivity index (χ3n) is 3.57. The van der Waals surface area contributed by atoms with Crippen LogP contribution in [-0.2, 0) is 6.54 Å². The molecule has 0 aliphatic rings. The summed E-state index contributed by atoms with van der Waals surface area (Å²) in [5, 5.41) is 13.7. The highest BCUT2D eigenvalue weighted by atomic mass is 19.1. The van der Waals surface area contributed by atoms with Gasteiger partial charge in [0.15, 0.2) is 5.58 Å².